The van der Waals surface area contributed by atoms with E-state index in [1.54, 1.807) is 22.3 Å². The van der Waals surface area contributed by atoms with Crippen molar-refractivity contribution in [2.45, 2.75) is 83.1 Å². The second kappa shape index (κ2) is 10.3. The Morgan fingerprint density at radius 2 is 0.833 bits per heavy atom. The fraction of sp³-hybridized carbons (Fsp3) is 0.750. The summed E-state index contributed by atoms with van der Waals surface area (Å²) in [4.78, 5) is 0. The number of hydrogen-bond acceptors (Lipinski definition) is 0. The van der Waals surface area contributed by atoms with Crippen molar-refractivity contribution in [3.05, 3.63) is 34.4 Å². The van der Waals surface area contributed by atoms with E-state index in [-0.39, 0.29) is 0 Å². The zero-order valence-corrected chi connectivity index (χ0v) is 18.6. The van der Waals surface area contributed by atoms with Crippen molar-refractivity contribution >= 4 is 0 Å². The van der Waals surface area contributed by atoms with Gasteiger partial charge in [-0.3, -0.25) is 0 Å². The average molecular weight is 333 g/mol. The molecule has 0 saturated carbocycles. The van der Waals surface area contributed by atoms with Gasteiger partial charge in [0, 0.05) is 5.92 Å². The maximum absolute atomic E-state index is 2.43. The predicted molar refractivity (Wildman–Crippen MR) is 112 cm³/mol. The van der Waals surface area contributed by atoms with Crippen LogP contribution in [0.3, 0.4) is 0 Å². The minimum Gasteiger partial charge on any atom is -0.0683 e. The molecule has 140 valence electrons. The van der Waals surface area contributed by atoms with Gasteiger partial charge in [0.25, 0.3) is 0 Å². The van der Waals surface area contributed by atoms with Gasteiger partial charge in [0.2, 0.25) is 0 Å². The van der Waals surface area contributed by atoms with Gasteiger partial charge in [0.1, 0.15) is 0 Å². The van der Waals surface area contributed by atoms with E-state index < -0.39 is 0 Å². The fourth-order valence-electron chi connectivity index (χ4n) is 4.05. The van der Waals surface area contributed by atoms with Crippen LogP contribution in [0.25, 0.3) is 0 Å². The molecule has 0 N–H and O–H groups in total. The van der Waals surface area contributed by atoms with E-state index in [1.165, 1.54) is 0 Å². The summed E-state index contributed by atoms with van der Waals surface area (Å²) in [5.74, 6) is 3.64. The summed E-state index contributed by atoms with van der Waals surface area (Å²) >= 11 is 0. The Bertz CT molecular complexity index is 424. The lowest BCUT2D eigenvalue weighted by Crippen LogP contribution is -2.24. The smallest absolute Gasteiger partial charge is 0.00470 e. The third-order valence-corrected chi connectivity index (χ3v) is 4.93. The zero-order valence-electron chi connectivity index (χ0n) is 18.6. The van der Waals surface area contributed by atoms with E-state index in [9.17, 15) is 0 Å². The Kier molecular flexibility index (Phi) is 9.93. The van der Waals surface area contributed by atoms with Crippen molar-refractivity contribution in [1.82, 2.24) is 0 Å². The highest BCUT2D eigenvalue weighted by Gasteiger charge is 2.32. The third-order valence-electron chi connectivity index (χ3n) is 4.93. The third kappa shape index (κ3) is 5.36. The van der Waals surface area contributed by atoms with Crippen LogP contribution in [0.2, 0.25) is 0 Å². The first-order valence-electron chi connectivity index (χ1n) is 10.2. The number of hydrogen-bond donors (Lipinski definition) is 0. The van der Waals surface area contributed by atoms with Gasteiger partial charge in [-0.1, -0.05) is 106 Å². The minimum absolute atomic E-state index is 0.588. The highest BCUT2D eigenvalue weighted by molar-refractivity contribution is 5.46. The van der Waals surface area contributed by atoms with Gasteiger partial charge in [0.15, 0.2) is 0 Å². The van der Waals surface area contributed by atoms with E-state index in [0.29, 0.717) is 35.5 Å². The van der Waals surface area contributed by atoms with Gasteiger partial charge in [-0.2, -0.15) is 0 Å². The highest BCUT2D eigenvalue weighted by Crippen LogP contribution is 2.44. The molecular weight excluding hydrogens is 288 g/mol. The summed E-state index contributed by atoms with van der Waals surface area (Å²) in [7, 11) is 0. The lowest BCUT2D eigenvalue weighted by Gasteiger charge is -2.35. The molecule has 1 aliphatic rings. The Morgan fingerprint density at radius 1 is 0.542 bits per heavy atom. The summed E-state index contributed by atoms with van der Waals surface area (Å²) in [6.45, 7) is 27.7. The Balaban J connectivity index is 0.00000254. The van der Waals surface area contributed by atoms with Crippen LogP contribution >= 0.6 is 0 Å². The highest BCUT2D eigenvalue weighted by atomic mass is 14.4. The molecule has 1 aliphatic carbocycles. The van der Waals surface area contributed by atoms with Crippen molar-refractivity contribution in [3.63, 3.8) is 0 Å². The molecule has 0 amide bonds. The van der Waals surface area contributed by atoms with Gasteiger partial charge in [-0.25, -0.2) is 0 Å². The molecule has 0 aromatic heterocycles. The van der Waals surface area contributed by atoms with E-state index in [1.807, 2.05) is 13.8 Å². The van der Waals surface area contributed by atoms with Crippen LogP contribution in [0.5, 0.6) is 0 Å². The van der Waals surface area contributed by atoms with Crippen LogP contribution in [-0.4, -0.2) is 0 Å². The normalized spacial score (nSPS) is 16.7. The molecule has 0 aromatic carbocycles. The molecule has 0 unspecified atom stereocenters. The molecular formula is C24H44. The number of rotatable bonds is 5. The molecule has 0 nitrogen and oxygen atoms in total. The molecule has 0 saturated heterocycles. The molecule has 0 spiro atoms. The molecule has 0 bridgehead atoms. The van der Waals surface area contributed by atoms with Crippen LogP contribution in [0.1, 0.15) is 83.1 Å². The van der Waals surface area contributed by atoms with Gasteiger partial charge in [0.05, 0.1) is 0 Å². The lowest BCUT2D eigenvalue weighted by atomic mass is 9.70. The molecule has 24 heavy (non-hydrogen) atoms. The van der Waals surface area contributed by atoms with Crippen molar-refractivity contribution < 1.29 is 0 Å². The maximum atomic E-state index is 2.43. The van der Waals surface area contributed by atoms with Crippen molar-refractivity contribution in [2.75, 3.05) is 0 Å². The van der Waals surface area contributed by atoms with Crippen LogP contribution in [0, 0.1) is 35.5 Å². The predicted octanol–water partition coefficient (Wildman–Crippen LogP) is 8.07. The van der Waals surface area contributed by atoms with Crippen LogP contribution < -0.4 is 0 Å². The quantitative estimate of drug-likeness (QED) is 0.477. The topological polar surface area (TPSA) is 0 Å². The molecule has 0 heteroatoms. The SMILES string of the molecule is CC.CC(C)C1=C(C(C)C)C(C(C)C)C(C(C)C)=C(C(C)C)C=C1. The summed E-state index contributed by atoms with van der Waals surface area (Å²) in [6, 6.07) is 0. The monoisotopic (exact) mass is 332 g/mol. The first kappa shape index (κ1) is 23.2. The summed E-state index contributed by atoms with van der Waals surface area (Å²) < 4.78 is 0. The van der Waals surface area contributed by atoms with Gasteiger partial charge < -0.3 is 0 Å². The summed E-state index contributed by atoms with van der Waals surface area (Å²) in [5.41, 5.74) is 6.51. The standard InChI is InChI=1S/C22H38.C2H6/c1-13(2)18-11-12-19(14(3)4)21(16(7)8)22(17(9)10)20(18)15(5)6;1-2/h11-17,22H,1-10H3;1-2H3. The molecule has 0 aliphatic heterocycles. The second-order valence-electron chi connectivity index (χ2n) is 8.50. The van der Waals surface area contributed by atoms with Crippen LogP contribution in [0.15, 0.2) is 34.4 Å². The van der Waals surface area contributed by atoms with Crippen LogP contribution in [-0.2, 0) is 0 Å². The number of allylic oxidation sites excluding steroid dienone is 6. The largest absolute Gasteiger partial charge is 0.0683 e. The van der Waals surface area contributed by atoms with E-state index in [0.717, 1.165) is 0 Å². The first-order chi connectivity index (χ1) is 11.1. The molecule has 0 aromatic rings. The van der Waals surface area contributed by atoms with E-state index >= 15 is 0 Å². The van der Waals surface area contributed by atoms with E-state index in [2.05, 4.69) is 81.4 Å². The van der Waals surface area contributed by atoms with Crippen LogP contribution in [0.4, 0.5) is 0 Å². The van der Waals surface area contributed by atoms with Crippen molar-refractivity contribution in [1.29, 1.82) is 0 Å². The summed E-state index contributed by atoms with van der Waals surface area (Å²) in [6.07, 6.45) is 4.86. The minimum atomic E-state index is 0.588. The zero-order chi connectivity index (χ0) is 19.2. The first-order valence-corrected chi connectivity index (χ1v) is 10.2. The molecule has 0 heterocycles. The Labute approximate surface area is 153 Å². The van der Waals surface area contributed by atoms with E-state index in [4.69, 9.17) is 0 Å². The Hall–Kier alpha value is -0.780. The van der Waals surface area contributed by atoms with Crippen molar-refractivity contribution in [2.24, 2.45) is 35.5 Å². The molecule has 0 radical (unpaired) electrons. The molecule has 1 rings (SSSR count). The van der Waals surface area contributed by atoms with Crippen molar-refractivity contribution in [3.8, 4) is 0 Å². The molecule has 0 fully saturated rings. The van der Waals surface area contributed by atoms with Gasteiger partial charge in [-0.05, 0) is 40.7 Å². The Morgan fingerprint density at radius 3 is 1.00 bits per heavy atom. The summed E-state index contributed by atoms with van der Waals surface area (Å²) in [5, 5.41) is 0. The lowest BCUT2D eigenvalue weighted by molar-refractivity contribution is 0.421. The molecule has 0 atom stereocenters. The average Bonchev–Trinajstić information content (AvgIpc) is 2.66. The maximum Gasteiger partial charge on any atom is 0.00470 e. The van der Waals surface area contributed by atoms with Gasteiger partial charge >= 0.3 is 0 Å². The second-order valence-corrected chi connectivity index (χ2v) is 8.50. The van der Waals surface area contributed by atoms with Gasteiger partial charge in [-0.15, -0.1) is 0 Å². The fourth-order valence-corrected chi connectivity index (χ4v) is 4.05.